The Morgan fingerprint density at radius 1 is 0.444 bits per heavy atom. The van der Waals surface area contributed by atoms with Gasteiger partial charge in [0.1, 0.15) is 5.58 Å². The van der Waals surface area contributed by atoms with Crippen molar-refractivity contribution < 1.29 is 4.42 Å². The van der Waals surface area contributed by atoms with Gasteiger partial charge in [-0.25, -0.2) is 0 Å². The molecule has 4 heteroatoms. The molecule has 0 amide bonds. The van der Waals surface area contributed by atoms with Crippen LogP contribution in [0, 0.1) is 0 Å². The van der Waals surface area contributed by atoms with Gasteiger partial charge in [-0.05, 0) is 89.0 Å². The molecule has 0 aliphatic rings. The number of para-hydroxylation sites is 2. The third-order valence-electron chi connectivity index (χ3n) is 10.6. The largest absolute Gasteiger partial charge is 0.439 e. The number of hydrogen-bond donors (Lipinski definition) is 0. The highest BCUT2D eigenvalue weighted by Gasteiger charge is 2.21. The van der Waals surface area contributed by atoms with Gasteiger partial charge in [0, 0.05) is 43.3 Å². The molecule has 0 unspecified atom stereocenters. The Morgan fingerprint density at radius 3 is 1.80 bits per heavy atom. The lowest BCUT2D eigenvalue weighted by atomic mass is 10.0. The van der Waals surface area contributed by atoms with E-state index in [1.54, 1.807) is 0 Å². The number of furan rings is 1. The summed E-state index contributed by atoms with van der Waals surface area (Å²) in [5.74, 6) is 0. The standard InChI is InChI=1S/C50H32N2OS/c1-3-12-33(13-4-1)34-22-27-38(28-23-34)51(45-19-11-18-41-40-16-8-10-21-47(40)54-49(41)45)39-29-24-35(25-30-39)36-26-31-44-43(32-36)48-42-17-7-9-20-46(42)53-50(48)52(44)37-14-5-2-6-15-37/h1-32H. The molecule has 254 valence electrons. The Balaban J connectivity index is 1.05. The minimum Gasteiger partial charge on any atom is -0.439 e. The predicted molar refractivity (Wildman–Crippen MR) is 229 cm³/mol. The summed E-state index contributed by atoms with van der Waals surface area (Å²) in [5, 5.41) is 6.03. The summed E-state index contributed by atoms with van der Waals surface area (Å²) >= 11 is 1.86. The van der Waals surface area contributed by atoms with Crippen molar-refractivity contribution >= 4 is 81.5 Å². The summed E-state index contributed by atoms with van der Waals surface area (Å²) in [4.78, 5) is 2.40. The van der Waals surface area contributed by atoms with Gasteiger partial charge in [-0.3, -0.25) is 4.57 Å². The van der Waals surface area contributed by atoms with E-state index in [4.69, 9.17) is 4.42 Å². The lowest BCUT2D eigenvalue weighted by Crippen LogP contribution is -2.10. The minimum atomic E-state index is 0.870. The summed E-state index contributed by atoms with van der Waals surface area (Å²) in [6, 6.07) is 69.6. The van der Waals surface area contributed by atoms with Crippen LogP contribution in [0.2, 0.25) is 0 Å². The van der Waals surface area contributed by atoms with Crippen molar-refractivity contribution in [1.29, 1.82) is 0 Å². The SMILES string of the molecule is c1ccc(-c2ccc(N(c3ccc(-c4ccc5c(c4)c4c6ccccc6oc4n5-c4ccccc4)cc3)c3cccc4c3sc3ccccc34)cc2)cc1. The Labute approximate surface area is 316 Å². The molecule has 0 fully saturated rings. The molecule has 0 N–H and O–H groups in total. The average molecular weight is 709 g/mol. The molecule has 3 heterocycles. The quantitative estimate of drug-likeness (QED) is 0.171. The molecule has 0 atom stereocenters. The third-order valence-corrected chi connectivity index (χ3v) is 11.8. The maximum atomic E-state index is 6.54. The zero-order valence-corrected chi connectivity index (χ0v) is 30.0. The molecule has 0 radical (unpaired) electrons. The lowest BCUT2D eigenvalue weighted by molar-refractivity contribution is 0.645. The van der Waals surface area contributed by atoms with Gasteiger partial charge in [0.25, 0.3) is 0 Å². The van der Waals surface area contributed by atoms with Crippen molar-refractivity contribution in [2.45, 2.75) is 0 Å². The van der Waals surface area contributed by atoms with E-state index in [2.05, 4.69) is 198 Å². The molecular weight excluding hydrogens is 677 g/mol. The molecule has 0 aliphatic carbocycles. The van der Waals surface area contributed by atoms with Crippen LogP contribution in [0.4, 0.5) is 17.1 Å². The minimum absolute atomic E-state index is 0.870. The number of anilines is 3. The molecule has 0 spiro atoms. The molecule has 0 saturated heterocycles. The zero-order chi connectivity index (χ0) is 35.6. The summed E-state index contributed by atoms with van der Waals surface area (Å²) in [6.07, 6.45) is 0. The van der Waals surface area contributed by atoms with Crippen molar-refractivity contribution in [3.05, 3.63) is 194 Å². The van der Waals surface area contributed by atoms with Gasteiger partial charge in [-0.1, -0.05) is 127 Å². The van der Waals surface area contributed by atoms with Gasteiger partial charge in [-0.15, -0.1) is 11.3 Å². The summed E-state index contributed by atoms with van der Waals surface area (Å²) in [7, 11) is 0. The highest BCUT2D eigenvalue weighted by molar-refractivity contribution is 7.26. The van der Waals surface area contributed by atoms with Crippen LogP contribution in [-0.4, -0.2) is 4.57 Å². The molecule has 0 bridgehead atoms. The molecule has 3 nitrogen and oxygen atoms in total. The normalized spacial score (nSPS) is 11.7. The van der Waals surface area contributed by atoms with Crippen molar-refractivity contribution in [2.75, 3.05) is 4.90 Å². The molecule has 0 aliphatic heterocycles. The number of nitrogens with zero attached hydrogens (tertiary/aromatic N) is 2. The second-order valence-corrected chi connectivity index (χ2v) is 14.8. The molecule has 8 aromatic carbocycles. The summed E-state index contributed by atoms with van der Waals surface area (Å²) in [6.45, 7) is 0. The van der Waals surface area contributed by atoms with Gasteiger partial charge in [-0.2, -0.15) is 0 Å². The molecular formula is C50H32N2OS. The smallest absolute Gasteiger partial charge is 0.213 e. The molecule has 0 saturated carbocycles. The van der Waals surface area contributed by atoms with E-state index in [-0.39, 0.29) is 0 Å². The van der Waals surface area contributed by atoms with E-state index in [9.17, 15) is 0 Å². The van der Waals surface area contributed by atoms with Crippen molar-refractivity contribution in [3.8, 4) is 27.9 Å². The molecule has 3 aromatic heterocycles. The lowest BCUT2D eigenvalue weighted by Gasteiger charge is -2.26. The topological polar surface area (TPSA) is 21.3 Å². The highest BCUT2D eigenvalue weighted by Crippen LogP contribution is 2.46. The average Bonchev–Trinajstić information content (AvgIpc) is 3.91. The first-order valence-electron chi connectivity index (χ1n) is 18.3. The summed E-state index contributed by atoms with van der Waals surface area (Å²) in [5.41, 5.74) is 12.1. The number of rotatable bonds is 6. The number of thiophene rings is 1. The Kier molecular flexibility index (Phi) is 7.04. The molecule has 11 rings (SSSR count). The van der Waals surface area contributed by atoms with Crippen LogP contribution in [0.15, 0.2) is 199 Å². The molecule has 54 heavy (non-hydrogen) atoms. The summed E-state index contributed by atoms with van der Waals surface area (Å²) < 4.78 is 11.4. The van der Waals surface area contributed by atoms with E-state index in [1.165, 1.54) is 42.4 Å². The van der Waals surface area contributed by atoms with Crippen LogP contribution >= 0.6 is 11.3 Å². The first-order chi connectivity index (χ1) is 26.8. The first-order valence-corrected chi connectivity index (χ1v) is 19.1. The highest BCUT2D eigenvalue weighted by atomic mass is 32.1. The van der Waals surface area contributed by atoms with E-state index in [0.29, 0.717) is 0 Å². The van der Waals surface area contributed by atoms with Gasteiger partial charge in [0.05, 0.1) is 21.3 Å². The number of fused-ring (bicyclic) bond motifs is 8. The Bertz CT molecular complexity index is 3140. The number of aromatic nitrogens is 1. The van der Waals surface area contributed by atoms with E-state index < -0.39 is 0 Å². The second kappa shape index (κ2) is 12.4. The van der Waals surface area contributed by atoms with Crippen molar-refractivity contribution in [3.63, 3.8) is 0 Å². The fraction of sp³-hybridized carbons (Fsp3) is 0. The van der Waals surface area contributed by atoms with Crippen LogP contribution in [0.25, 0.3) is 81.1 Å². The van der Waals surface area contributed by atoms with Crippen LogP contribution in [-0.2, 0) is 0 Å². The maximum Gasteiger partial charge on any atom is 0.213 e. The van der Waals surface area contributed by atoms with Gasteiger partial charge in [0.15, 0.2) is 0 Å². The number of benzene rings is 8. The maximum absolute atomic E-state index is 6.54. The van der Waals surface area contributed by atoms with E-state index in [1.807, 2.05) is 17.4 Å². The molecule has 11 aromatic rings. The van der Waals surface area contributed by atoms with Gasteiger partial charge < -0.3 is 9.32 Å². The van der Waals surface area contributed by atoms with Gasteiger partial charge >= 0.3 is 0 Å². The first kappa shape index (κ1) is 30.7. The van der Waals surface area contributed by atoms with Crippen LogP contribution < -0.4 is 4.90 Å². The number of hydrogen-bond acceptors (Lipinski definition) is 3. The second-order valence-electron chi connectivity index (χ2n) is 13.7. The van der Waals surface area contributed by atoms with Crippen LogP contribution in [0.3, 0.4) is 0 Å². The predicted octanol–water partition coefficient (Wildman–Crippen LogP) is 14.7. The van der Waals surface area contributed by atoms with Gasteiger partial charge in [0.2, 0.25) is 5.71 Å². The van der Waals surface area contributed by atoms with E-state index >= 15 is 0 Å². The fourth-order valence-electron chi connectivity index (χ4n) is 8.08. The Morgan fingerprint density at radius 2 is 1.04 bits per heavy atom. The fourth-order valence-corrected chi connectivity index (χ4v) is 9.28. The third kappa shape index (κ3) is 4.88. The van der Waals surface area contributed by atoms with Crippen molar-refractivity contribution in [1.82, 2.24) is 4.57 Å². The Hall–Kier alpha value is -6.88. The van der Waals surface area contributed by atoms with Crippen LogP contribution in [0.5, 0.6) is 0 Å². The van der Waals surface area contributed by atoms with Crippen molar-refractivity contribution in [2.24, 2.45) is 0 Å². The van der Waals surface area contributed by atoms with E-state index in [0.717, 1.165) is 55.8 Å². The monoisotopic (exact) mass is 708 g/mol. The zero-order valence-electron chi connectivity index (χ0n) is 29.2. The van der Waals surface area contributed by atoms with Crippen LogP contribution in [0.1, 0.15) is 0 Å².